The lowest BCUT2D eigenvalue weighted by Crippen LogP contribution is -2.57. The third-order valence-corrected chi connectivity index (χ3v) is 5.76. The molecular weight excluding hydrogens is 300 g/mol. The second-order valence-electron chi connectivity index (χ2n) is 7.05. The van der Waals surface area contributed by atoms with Crippen LogP contribution in [0.5, 0.6) is 0 Å². The van der Waals surface area contributed by atoms with Crippen molar-refractivity contribution < 1.29 is 9.59 Å². The van der Waals surface area contributed by atoms with Crippen LogP contribution in [-0.2, 0) is 15.0 Å². The molecule has 2 fully saturated rings. The van der Waals surface area contributed by atoms with E-state index >= 15 is 0 Å². The van der Waals surface area contributed by atoms with Gasteiger partial charge in [-0.05, 0) is 30.0 Å². The summed E-state index contributed by atoms with van der Waals surface area (Å²) in [6.45, 7) is 6.15. The lowest BCUT2D eigenvalue weighted by atomic mass is 9.74. The number of fused-ring (bicyclic) bond motifs is 2. The maximum absolute atomic E-state index is 12.6. The number of likely N-dealkylation sites (tertiary alicyclic amines) is 2. The second kappa shape index (κ2) is 5.62. The minimum absolute atomic E-state index is 0.0330. The third kappa shape index (κ3) is 2.29. The standard InChI is InChI=1S/C20H22N2O2/c1-2-18(23)22-13-16(14-22)19(24)21-11-9-20(10-12-21)8-7-15-5-3-4-6-17(15)20/h2-8,16H,1,9-14H2. The van der Waals surface area contributed by atoms with E-state index in [1.54, 1.807) is 4.90 Å². The fraction of sp³-hybridized carbons (Fsp3) is 0.400. The highest BCUT2D eigenvalue weighted by Gasteiger charge is 2.42. The van der Waals surface area contributed by atoms with Crippen LogP contribution in [-0.4, -0.2) is 47.8 Å². The number of piperidine rings is 1. The van der Waals surface area contributed by atoms with Crippen molar-refractivity contribution in [3.05, 3.63) is 54.1 Å². The zero-order chi connectivity index (χ0) is 16.7. The lowest BCUT2D eigenvalue weighted by Gasteiger charge is -2.44. The Hall–Kier alpha value is -2.36. The Bertz CT molecular complexity index is 723. The summed E-state index contributed by atoms with van der Waals surface area (Å²) in [6.07, 6.45) is 7.82. The molecule has 0 atom stereocenters. The zero-order valence-corrected chi connectivity index (χ0v) is 13.8. The maximum Gasteiger partial charge on any atom is 0.246 e. The van der Waals surface area contributed by atoms with Crippen molar-refractivity contribution in [3.63, 3.8) is 0 Å². The van der Waals surface area contributed by atoms with Crippen molar-refractivity contribution in [2.45, 2.75) is 18.3 Å². The van der Waals surface area contributed by atoms with Gasteiger partial charge in [-0.1, -0.05) is 43.0 Å². The second-order valence-corrected chi connectivity index (χ2v) is 7.05. The summed E-state index contributed by atoms with van der Waals surface area (Å²) in [5, 5.41) is 0. The molecule has 24 heavy (non-hydrogen) atoms. The van der Waals surface area contributed by atoms with Gasteiger partial charge in [0, 0.05) is 31.6 Å². The summed E-state index contributed by atoms with van der Waals surface area (Å²) >= 11 is 0. The Balaban J connectivity index is 1.38. The van der Waals surface area contributed by atoms with E-state index in [1.165, 1.54) is 17.2 Å². The maximum atomic E-state index is 12.6. The molecule has 0 aromatic heterocycles. The van der Waals surface area contributed by atoms with Crippen LogP contribution in [0.1, 0.15) is 24.0 Å². The molecule has 124 valence electrons. The average Bonchev–Trinajstić information content (AvgIpc) is 2.93. The van der Waals surface area contributed by atoms with Crippen LogP contribution >= 0.6 is 0 Å². The van der Waals surface area contributed by atoms with Gasteiger partial charge in [-0.3, -0.25) is 9.59 Å². The summed E-state index contributed by atoms with van der Waals surface area (Å²) in [7, 11) is 0. The quantitative estimate of drug-likeness (QED) is 0.783. The first-order valence-electron chi connectivity index (χ1n) is 8.62. The summed E-state index contributed by atoms with van der Waals surface area (Å²) in [5.41, 5.74) is 2.83. The number of rotatable bonds is 2. The molecule has 0 N–H and O–H groups in total. The fourth-order valence-corrected chi connectivity index (χ4v) is 4.20. The first-order valence-corrected chi connectivity index (χ1v) is 8.62. The number of hydrogen-bond donors (Lipinski definition) is 0. The molecule has 1 aromatic rings. The monoisotopic (exact) mass is 322 g/mol. The highest BCUT2D eigenvalue weighted by Crippen LogP contribution is 2.43. The van der Waals surface area contributed by atoms with E-state index in [4.69, 9.17) is 0 Å². The summed E-state index contributed by atoms with van der Waals surface area (Å²) in [4.78, 5) is 27.8. The minimum Gasteiger partial charge on any atom is -0.342 e. The molecule has 4 nitrogen and oxygen atoms in total. The van der Waals surface area contributed by atoms with E-state index in [0.717, 1.165) is 25.9 Å². The molecule has 2 amide bonds. The molecule has 1 aromatic carbocycles. The fourth-order valence-electron chi connectivity index (χ4n) is 4.20. The first-order chi connectivity index (χ1) is 11.6. The van der Waals surface area contributed by atoms with Gasteiger partial charge in [-0.2, -0.15) is 0 Å². The van der Waals surface area contributed by atoms with Gasteiger partial charge in [0.2, 0.25) is 11.8 Å². The molecular formula is C20H22N2O2. The topological polar surface area (TPSA) is 40.6 Å². The van der Waals surface area contributed by atoms with Gasteiger partial charge in [0.15, 0.2) is 0 Å². The molecule has 4 rings (SSSR count). The summed E-state index contributed by atoms with van der Waals surface area (Å²) in [5.74, 6) is 0.0897. The number of carbonyl (C=O) groups excluding carboxylic acids is 2. The van der Waals surface area contributed by atoms with Crippen molar-refractivity contribution in [3.8, 4) is 0 Å². The number of benzene rings is 1. The van der Waals surface area contributed by atoms with Gasteiger partial charge in [-0.15, -0.1) is 0 Å². The van der Waals surface area contributed by atoms with E-state index in [0.29, 0.717) is 13.1 Å². The highest BCUT2D eigenvalue weighted by molar-refractivity contribution is 5.90. The SMILES string of the molecule is C=CC(=O)N1CC(C(=O)N2CCC3(C=Cc4ccccc43)CC2)C1. The van der Waals surface area contributed by atoms with Crippen LogP contribution in [0.4, 0.5) is 0 Å². The number of amides is 2. The molecule has 0 saturated carbocycles. The normalized spacial score (nSPS) is 21.5. The Morgan fingerprint density at radius 1 is 1.12 bits per heavy atom. The molecule has 1 aliphatic carbocycles. The molecule has 0 radical (unpaired) electrons. The van der Waals surface area contributed by atoms with E-state index in [-0.39, 0.29) is 23.1 Å². The molecule has 0 bridgehead atoms. The van der Waals surface area contributed by atoms with Crippen molar-refractivity contribution in [1.82, 2.24) is 9.80 Å². The largest absolute Gasteiger partial charge is 0.342 e. The predicted molar refractivity (Wildman–Crippen MR) is 93.2 cm³/mol. The van der Waals surface area contributed by atoms with Gasteiger partial charge in [0.25, 0.3) is 0 Å². The van der Waals surface area contributed by atoms with E-state index in [1.807, 2.05) is 4.90 Å². The van der Waals surface area contributed by atoms with Crippen molar-refractivity contribution in [2.24, 2.45) is 5.92 Å². The van der Waals surface area contributed by atoms with Crippen LogP contribution in [0.2, 0.25) is 0 Å². The summed E-state index contributed by atoms with van der Waals surface area (Å²) < 4.78 is 0. The third-order valence-electron chi connectivity index (χ3n) is 5.76. The van der Waals surface area contributed by atoms with Gasteiger partial charge in [-0.25, -0.2) is 0 Å². The molecule has 2 aliphatic heterocycles. The Labute approximate surface area is 142 Å². The van der Waals surface area contributed by atoms with Crippen LogP contribution in [0.25, 0.3) is 6.08 Å². The van der Waals surface area contributed by atoms with E-state index in [2.05, 4.69) is 43.0 Å². The molecule has 2 saturated heterocycles. The smallest absolute Gasteiger partial charge is 0.246 e. The van der Waals surface area contributed by atoms with E-state index < -0.39 is 0 Å². The van der Waals surface area contributed by atoms with Crippen LogP contribution in [0.3, 0.4) is 0 Å². The van der Waals surface area contributed by atoms with Crippen molar-refractivity contribution in [2.75, 3.05) is 26.2 Å². The Kier molecular flexibility index (Phi) is 3.56. The van der Waals surface area contributed by atoms with Crippen LogP contribution in [0.15, 0.2) is 43.0 Å². The van der Waals surface area contributed by atoms with Gasteiger partial charge >= 0.3 is 0 Å². The number of hydrogen-bond acceptors (Lipinski definition) is 2. The Morgan fingerprint density at radius 2 is 1.83 bits per heavy atom. The molecule has 3 aliphatic rings. The number of carbonyl (C=O) groups is 2. The average molecular weight is 322 g/mol. The van der Waals surface area contributed by atoms with Gasteiger partial charge in [0.1, 0.15) is 0 Å². The van der Waals surface area contributed by atoms with Gasteiger partial charge < -0.3 is 9.80 Å². The minimum atomic E-state index is -0.0793. The molecule has 4 heteroatoms. The first kappa shape index (κ1) is 15.2. The molecule has 2 heterocycles. The number of nitrogens with zero attached hydrogens (tertiary/aromatic N) is 2. The Morgan fingerprint density at radius 3 is 2.54 bits per heavy atom. The van der Waals surface area contributed by atoms with E-state index in [9.17, 15) is 9.59 Å². The predicted octanol–water partition coefficient (Wildman–Crippen LogP) is 2.22. The highest BCUT2D eigenvalue weighted by atomic mass is 16.2. The van der Waals surface area contributed by atoms with Crippen molar-refractivity contribution in [1.29, 1.82) is 0 Å². The number of allylic oxidation sites excluding steroid dienone is 1. The summed E-state index contributed by atoms with van der Waals surface area (Å²) in [6, 6.07) is 8.56. The molecule has 1 spiro atoms. The van der Waals surface area contributed by atoms with Crippen LogP contribution < -0.4 is 0 Å². The van der Waals surface area contributed by atoms with Crippen LogP contribution in [0, 0.1) is 5.92 Å². The molecule has 0 unspecified atom stereocenters. The lowest BCUT2D eigenvalue weighted by molar-refractivity contribution is -0.147. The van der Waals surface area contributed by atoms with Gasteiger partial charge in [0.05, 0.1) is 5.92 Å². The van der Waals surface area contributed by atoms with Crippen molar-refractivity contribution >= 4 is 17.9 Å². The zero-order valence-electron chi connectivity index (χ0n) is 13.8.